The van der Waals surface area contributed by atoms with Crippen LogP contribution in [-0.2, 0) is 9.53 Å². The zero-order valence-electron chi connectivity index (χ0n) is 13.0. The number of carbonyl (C=O) groups excluding carboxylic acids is 1. The van der Waals surface area contributed by atoms with Crippen LogP contribution in [0, 0.1) is 5.41 Å². The van der Waals surface area contributed by atoms with Gasteiger partial charge in [-0.3, -0.25) is 4.79 Å². The molecule has 0 aliphatic heterocycles. The Morgan fingerprint density at radius 2 is 2.00 bits per heavy atom. The lowest BCUT2D eigenvalue weighted by Crippen LogP contribution is -2.48. The molecule has 4 nitrogen and oxygen atoms in total. The van der Waals surface area contributed by atoms with Gasteiger partial charge in [0.25, 0.3) is 0 Å². The standard InChI is InChI=1S/C16H30N2O2/c1-13(15(19)18-14-6-4-3-5-7-14)17-12-16(8-9-16)10-11-20-2/h13-14,17H,3-12H2,1-2H3,(H,18,19). The molecule has 0 radical (unpaired) electrons. The largest absolute Gasteiger partial charge is 0.385 e. The summed E-state index contributed by atoms with van der Waals surface area (Å²) in [6, 6.07) is 0.320. The van der Waals surface area contributed by atoms with E-state index >= 15 is 0 Å². The van der Waals surface area contributed by atoms with E-state index in [1.54, 1.807) is 7.11 Å². The van der Waals surface area contributed by atoms with Gasteiger partial charge in [0.15, 0.2) is 0 Å². The van der Waals surface area contributed by atoms with Crippen LogP contribution in [0.5, 0.6) is 0 Å². The fourth-order valence-corrected chi connectivity index (χ4v) is 3.05. The topological polar surface area (TPSA) is 50.4 Å². The molecular weight excluding hydrogens is 252 g/mol. The van der Waals surface area contributed by atoms with Gasteiger partial charge in [-0.25, -0.2) is 0 Å². The van der Waals surface area contributed by atoms with E-state index in [9.17, 15) is 4.79 Å². The number of rotatable bonds is 8. The van der Waals surface area contributed by atoms with Gasteiger partial charge in [0, 0.05) is 26.3 Å². The summed E-state index contributed by atoms with van der Waals surface area (Å²) in [5.41, 5.74) is 0.398. The third-order valence-electron chi connectivity index (χ3n) is 4.92. The fourth-order valence-electron chi connectivity index (χ4n) is 3.05. The molecular formula is C16H30N2O2. The van der Waals surface area contributed by atoms with Gasteiger partial charge in [-0.15, -0.1) is 0 Å². The van der Waals surface area contributed by atoms with E-state index in [-0.39, 0.29) is 11.9 Å². The Bertz CT molecular complexity index is 310. The van der Waals surface area contributed by atoms with Crippen LogP contribution in [0.2, 0.25) is 0 Å². The number of carbonyl (C=O) groups is 1. The van der Waals surface area contributed by atoms with Crippen molar-refractivity contribution in [2.24, 2.45) is 5.41 Å². The lowest BCUT2D eigenvalue weighted by Gasteiger charge is -2.25. The van der Waals surface area contributed by atoms with Crippen LogP contribution in [0.15, 0.2) is 0 Å². The number of amides is 1. The molecule has 4 heteroatoms. The van der Waals surface area contributed by atoms with Gasteiger partial charge in [0.05, 0.1) is 6.04 Å². The third kappa shape index (κ3) is 4.74. The van der Waals surface area contributed by atoms with Crippen molar-refractivity contribution in [2.75, 3.05) is 20.3 Å². The Hall–Kier alpha value is -0.610. The van der Waals surface area contributed by atoms with Gasteiger partial charge >= 0.3 is 0 Å². The lowest BCUT2D eigenvalue weighted by atomic mass is 9.95. The summed E-state index contributed by atoms with van der Waals surface area (Å²) in [4.78, 5) is 12.2. The Morgan fingerprint density at radius 3 is 2.60 bits per heavy atom. The molecule has 20 heavy (non-hydrogen) atoms. The molecule has 0 aromatic carbocycles. The molecule has 1 unspecified atom stereocenters. The van der Waals surface area contributed by atoms with Crippen LogP contribution >= 0.6 is 0 Å². The lowest BCUT2D eigenvalue weighted by molar-refractivity contribution is -0.123. The van der Waals surface area contributed by atoms with E-state index < -0.39 is 0 Å². The number of ether oxygens (including phenoxy) is 1. The molecule has 2 rings (SSSR count). The monoisotopic (exact) mass is 282 g/mol. The predicted octanol–water partition coefficient (Wildman–Crippen LogP) is 2.23. The Balaban J connectivity index is 1.66. The van der Waals surface area contributed by atoms with Crippen LogP contribution in [0.1, 0.15) is 58.3 Å². The summed E-state index contributed by atoms with van der Waals surface area (Å²) in [7, 11) is 1.75. The van der Waals surface area contributed by atoms with Crippen molar-refractivity contribution < 1.29 is 9.53 Å². The Labute approximate surface area is 123 Å². The van der Waals surface area contributed by atoms with Crippen molar-refractivity contribution in [1.82, 2.24) is 10.6 Å². The molecule has 0 aromatic heterocycles. The number of methoxy groups -OCH3 is 1. The molecule has 2 N–H and O–H groups in total. The van der Waals surface area contributed by atoms with Gasteiger partial charge in [0.2, 0.25) is 5.91 Å². The molecule has 2 aliphatic rings. The molecule has 0 spiro atoms. The summed E-state index contributed by atoms with van der Waals surface area (Å²) < 4.78 is 5.17. The van der Waals surface area contributed by atoms with Crippen molar-refractivity contribution in [2.45, 2.75) is 70.4 Å². The van der Waals surface area contributed by atoms with Gasteiger partial charge in [-0.05, 0) is 44.4 Å². The maximum absolute atomic E-state index is 12.2. The molecule has 2 aliphatic carbocycles. The smallest absolute Gasteiger partial charge is 0.237 e. The highest BCUT2D eigenvalue weighted by molar-refractivity contribution is 5.81. The average Bonchev–Trinajstić information content (AvgIpc) is 3.24. The van der Waals surface area contributed by atoms with E-state index in [1.807, 2.05) is 6.92 Å². The minimum Gasteiger partial charge on any atom is -0.385 e. The summed E-state index contributed by atoms with van der Waals surface area (Å²) in [5.74, 6) is 0.166. The van der Waals surface area contributed by atoms with E-state index in [1.165, 1.54) is 32.1 Å². The second kappa shape index (κ2) is 7.41. The van der Waals surface area contributed by atoms with Gasteiger partial charge < -0.3 is 15.4 Å². The fraction of sp³-hybridized carbons (Fsp3) is 0.938. The molecule has 0 aromatic rings. The second-order valence-corrected chi connectivity index (χ2v) is 6.69. The second-order valence-electron chi connectivity index (χ2n) is 6.69. The highest BCUT2D eigenvalue weighted by Crippen LogP contribution is 2.48. The average molecular weight is 282 g/mol. The minimum absolute atomic E-state index is 0.0862. The molecule has 116 valence electrons. The third-order valence-corrected chi connectivity index (χ3v) is 4.92. The Kier molecular flexibility index (Phi) is 5.85. The van der Waals surface area contributed by atoms with Crippen LogP contribution < -0.4 is 10.6 Å². The van der Waals surface area contributed by atoms with Crippen molar-refractivity contribution >= 4 is 5.91 Å². The molecule has 2 saturated carbocycles. The van der Waals surface area contributed by atoms with Crippen LogP contribution in [0.3, 0.4) is 0 Å². The van der Waals surface area contributed by atoms with Crippen molar-refractivity contribution in [3.63, 3.8) is 0 Å². The highest BCUT2D eigenvalue weighted by atomic mass is 16.5. The first-order valence-electron chi connectivity index (χ1n) is 8.18. The van der Waals surface area contributed by atoms with Crippen molar-refractivity contribution in [1.29, 1.82) is 0 Å². The number of hydrogen-bond acceptors (Lipinski definition) is 3. The quantitative estimate of drug-likeness (QED) is 0.718. The summed E-state index contributed by atoms with van der Waals surface area (Å²) in [5, 5.41) is 6.61. The van der Waals surface area contributed by atoms with E-state index in [4.69, 9.17) is 4.74 Å². The predicted molar refractivity (Wildman–Crippen MR) is 80.6 cm³/mol. The van der Waals surface area contributed by atoms with Crippen molar-refractivity contribution in [3.8, 4) is 0 Å². The first-order valence-corrected chi connectivity index (χ1v) is 8.18. The SMILES string of the molecule is COCCC1(CNC(C)C(=O)NC2CCCCC2)CC1. The normalized spacial score (nSPS) is 23.3. The number of hydrogen-bond donors (Lipinski definition) is 2. The van der Waals surface area contributed by atoms with Crippen molar-refractivity contribution in [3.05, 3.63) is 0 Å². The molecule has 0 saturated heterocycles. The van der Waals surface area contributed by atoms with Gasteiger partial charge in [0.1, 0.15) is 0 Å². The minimum atomic E-state index is -0.0862. The summed E-state index contributed by atoms with van der Waals surface area (Å²) in [6.07, 6.45) is 9.77. The first-order chi connectivity index (χ1) is 9.65. The summed E-state index contributed by atoms with van der Waals surface area (Å²) in [6.45, 7) is 3.74. The molecule has 0 bridgehead atoms. The molecule has 0 heterocycles. The maximum atomic E-state index is 12.2. The molecule has 1 atom stereocenters. The van der Waals surface area contributed by atoms with Crippen LogP contribution in [-0.4, -0.2) is 38.3 Å². The van der Waals surface area contributed by atoms with E-state index in [2.05, 4.69) is 10.6 Å². The zero-order chi connectivity index (χ0) is 14.4. The summed E-state index contributed by atoms with van der Waals surface area (Å²) >= 11 is 0. The van der Waals surface area contributed by atoms with Crippen LogP contribution in [0.25, 0.3) is 0 Å². The first kappa shape index (κ1) is 15.8. The zero-order valence-corrected chi connectivity index (χ0v) is 13.0. The van der Waals surface area contributed by atoms with E-state index in [0.29, 0.717) is 11.5 Å². The Morgan fingerprint density at radius 1 is 1.30 bits per heavy atom. The number of nitrogens with one attached hydrogen (secondary N) is 2. The van der Waals surface area contributed by atoms with Gasteiger partial charge in [-0.1, -0.05) is 19.3 Å². The molecule has 2 fully saturated rings. The van der Waals surface area contributed by atoms with E-state index in [0.717, 1.165) is 32.4 Å². The highest BCUT2D eigenvalue weighted by Gasteiger charge is 2.42. The van der Waals surface area contributed by atoms with Crippen LogP contribution in [0.4, 0.5) is 0 Å². The molecule has 1 amide bonds. The maximum Gasteiger partial charge on any atom is 0.237 e. The van der Waals surface area contributed by atoms with Gasteiger partial charge in [-0.2, -0.15) is 0 Å².